The summed E-state index contributed by atoms with van der Waals surface area (Å²) in [5.74, 6) is 2.33. The van der Waals surface area contributed by atoms with Gasteiger partial charge >= 0.3 is 6.03 Å². The van der Waals surface area contributed by atoms with Crippen molar-refractivity contribution >= 4 is 11.7 Å². The molecule has 0 aliphatic carbocycles. The Hall–Kier alpha value is -1.95. The Morgan fingerprint density at radius 3 is 2.60 bits per heavy atom. The number of terminal acetylenes is 1. The molecule has 2 amide bonds. The van der Waals surface area contributed by atoms with Crippen LogP contribution >= 0.6 is 0 Å². The molecule has 3 nitrogen and oxygen atoms in total. The number of rotatable bonds is 3. The van der Waals surface area contributed by atoms with Gasteiger partial charge in [-0.1, -0.05) is 25.0 Å². The van der Waals surface area contributed by atoms with Gasteiger partial charge in [0.1, 0.15) is 0 Å². The van der Waals surface area contributed by atoms with Crippen molar-refractivity contribution in [2.24, 2.45) is 0 Å². The summed E-state index contributed by atoms with van der Waals surface area (Å²) in [6, 6.07) is 7.42. The van der Waals surface area contributed by atoms with Gasteiger partial charge in [-0.2, -0.15) is 0 Å². The molecule has 1 aromatic carbocycles. The van der Waals surface area contributed by atoms with Gasteiger partial charge in [0.25, 0.3) is 0 Å². The lowest BCUT2D eigenvalue weighted by Crippen LogP contribution is -2.28. The van der Waals surface area contributed by atoms with Crippen LogP contribution in [0.2, 0.25) is 0 Å². The van der Waals surface area contributed by atoms with Crippen molar-refractivity contribution in [1.82, 2.24) is 5.32 Å². The summed E-state index contributed by atoms with van der Waals surface area (Å²) in [4.78, 5) is 11.2. The molecule has 0 aliphatic heterocycles. The van der Waals surface area contributed by atoms with Gasteiger partial charge < -0.3 is 10.6 Å². The van der Waals surface area contributed by atoms with E-state index in [1.807, 2.05) is 24.3 Å². The molecule has 0 radical (unpaired) electrons. The summed E-state index contributed by atoms with van der Waals surface area (Å²) in [5.41, 5.74) is 2.01. The molecular formula is C12H14N2O. The molecule has 0 saturated carbocycles. The Balaban J connectivity index is 2.50. The van der Waals surface area contributed by atoms with Crippen LogP contribution in [0.1, 0.15) is 12.5 Å². The van der Waals surface area contributed by atoms with E-state index in [1.54, 1.807) is 0 Å². The highest BCUT2D eigenvalue weighted by Gasteiger charge is 1.99. The predicted molar refractivity (Wildman–Crippen MR) is 61.7 cm³/mol. The largest absolute Gasteiger partial charge is 0.327 e. The number of hydrogen-bond acceptors (Lipinski definition) is 1. The van der Waals surface area contributed by atoms with E-state index in [-0.39, 0.29) is 12.6 Å². The van der Waals surface area contributed by atoms with Crippen LogP contribution in [0.25, 0.3) is 0 Å². The first-order chi connectivity index (χ1) is 7.26. The number of aryl methyl sites for hydroxylation is 1. The summed E-state index contributed by atoms with van der Waals surface area (Å²) >= 11 is 0. The van der Waals surface area contributed by atoms with Gasteiger partial charge in [0.05, 0.1) is 6.54 Å². The number of amides is 2. The lowest BCUT2D eigenvalue weighted by molar-refractivity contribution is 0.253. The minimum absolute atomic E-state index is 0.235. The van der Waals surface area contributed by atoms with E-state index in [1.165, 1.54) is 5.56 Å². The number of benzene rings is 1. The van der Waals surface area contributed by atoms with Crippen LogP contribution < -0.4 is 10.6 Å². The fraction of sp³-hybridized carbons (Fsp3) is 0.250. The van der Waals surface area contributed by atoms with Crippen LogP contribution in [0.4, 0.5) is 10.5 Å². The SMILES string of the molecule is C#CCNC(=O)Nc1ccc(CC)cc1. The van der Waals surface area contributed by atoms with E-state index in [0.29, 0.717) is 0 Å². The first-order valence-corrected chi connectivity index (χ1v) is 4.83. The zero-order chi connectivity index (χ0) is 11.1. The van der Waals surface area contributed by atoms with Crippen LogP contribution in [-0.4, -0.2) is 12.6 Å². The van der Waals surface area contributed by atoms with Gasteiger partial charge in [-0.3, -0.25) is 0 Å². The Kier molecular flexibility index (Phi) is 4.24. The zero-order valence-electron chi connectivity index (χ0n) is 8.71. The highest BCUT2D eigenvalue weighted by molar-refractivity contribution is 5.89. The second-order valence-corrected chi connectivity index (χ2v) is 3.06. The molecule has 3 heteroatoms. The third kappa shape index (κ3) is 3.74. The predicted octanol–water partition coefficient (Wildman–Crippen LogP) is 2.00. The third-order valence-electron chi connectivity index (χ3n) is 1.97. The second kappa shape index (κ2) is 5.71. The molecule has 0 heterocycles. The number of carbonyl (C=O) groups is 1. The first kappa shape index (κ1) is 11.1. The quantitative estimate of drug-likeness (QED) is 0.723. The minimum atomic E-state index is -0.280. The van der Waals surface area contributed by atoms with E-state index in [2.05, 4.69) is 23.5 Å². The molecule has 1 aromatic rings. The van der Waals surface area contributed by atoms with Gasteiger partial charge in [0.15, 0.2) is 0 Å². The van der Waals surface area contributed by atoms with Gasteiger partial charge in [-0.15, -0.1) is 6.42 Å². The van der Waals surface area contributed by atoms with Crippen molar-refractivity contribution in [2.45, 2.75) is 13.3 Å². The van der Waals surface area contributed by atoms with Crippen LogP contribution in [-0.2, 0) is 6.42 Å². The van der Waals surface area contributed by atoms with Gasteiger partial charge in [-0.25, -0.2) is 4.79 Å². The molecule has 0 aromatic heterocycles. The van der Waals surface area contributed by atoms with Crippen LogP contribution in [0, 0.1) is 12.3 Å². The molecular weight excluding hydrogens is 188 g/mol. The standard InChI is InChI=1S/C12H14N2O/c1-3-9-13-12(15)14-11-7-5-10(4-2)6-8-11/h1,5-8H,4,9H2,2H3,(H2,13,14,15). The first-order valence-electron chi connectivity index (χ1n) is 4.83. The van der Waals surface area contributed by atoms with Crippen molar-refractivity contribution in [2.75, 3.05) is 11.9 Å². The van der Waals surface area contributed by atoms with E-state index >= 15 is 0 Å². The molecule has 15 heavy (non-hydrogen) atoms. The monoisotopic (exact) mass is 202 g/mol. The fourth-order valence-electron chi connectivity index (χ4n) is 1.13. The van der Waals surface area contributed by atoms with Gasteiger partial charge in [-0.05, 0) is 24.1 Å². The summed E-state index contributed by atoms with van der Waals surface area (Å²) in [6.45, 7) is 2.32. The normalized spacial score (nSPS) is 9.07. The minimum Gasteiger partial charge on any atom is -0.327 e. The maximum atomic E-state index is 11.2. The van der Waals surface area contributed by atoms with E-state index in [4.69, 9.17) is 6.42 Å². The number of carbonyl (C=O) groups excluding carboxylic acids is 1. The van der Waals surface area contributed by atoms with Crippen molar-refractivity contribution in [3.05, 3.63) is 29.8 Å². The maximum Gasteiger partial charge on any atom is 0.319 e. The fourth-order valence-corrected chi connectivity index (χ4v) is 1.13. The smallest absolute Gasteiger partial charge is 0.319 e. The summed E-state index contributed by atoms with van der Waals surface area (Å²) in [7, 11) is 0. The second-order valence-electron chi connectivity index (χ2n) is 3.06. The summed E-state index contributed by atoms with van der Waals surface area (Å²) in [5, 5.41) is 5.21. The number of hydrogen-bond donors (Lipinski definition) is 2. The average molecular weight is 202 g/mol. The highest BCUT2D eigenvalue weighted by Crippen LogP contribution is 2.09. The molecule has 0 unspecified atom stereocenters. The van der Waals surface area contributed by atoms with Crippen LogP contribution in [0.3, 0.4) is 0 Å². The molecule has 0 spiro atoms. The topological polar surface area (TPSA) is 41.1 Å². The number of urea groups is 1. The zero-order valence-corrected chi connectivity index (χ0v) is 8.71. The van der Waals surface area contributed by atoms with Gasteiger partial charge in [0, 0.05) is 5.69 Å². The van der Waals surface area contributed by atoms with Crippen molar-refractivity contribution in [3.8, 4) is 12.3 Å². The molecule has 0 saturated heterocycles. The van der Waals surface area contributed by atoms with Crippen molar-refractivity contribution < 1.29 is 4.79 Å². The number of nitrogens with one attached hydrogen (secondary N) is 2. The third-order valence-corrected chi connectivity index (χ3v) is 1.97. The lowest BCUT2D eigenvalue weighted by Gasteiger charge is -2.05. The van der Waals surface area contributed by atoms with E-state index in [0.717, 1.165) is 12.1 Å². The Labute approximate surface area is 89.9 Å². The molecule has 0 aliphatic rings. The van der Waals surface area contributed by atoms with Crippen LogP contribution in [0.5, 0.6) is 0 Å². The maximum absolute atomic E-state index is 11.2. The summed E-state index contributed by atoms with van der Waals surface area (Å²) in [6.07, 6.45) is 6.01. The van der Waals surface area contributed by atoms with E-state index < -0.39 is 0 Å². The Bertz CT molecular complexity index is 362. The molecule has 0 fully saturated rings. The van der Waals surface area contributed by atoms with Crippen molar-refractivity contribution in [3.63, 3.8) is 0 Å². The molecule has 2 N–H and O–H groups in total. The molecule has 0 atom stereocenters. The summed E-state index contributed by atoms with van der Waals surface area (Å²) < 4.78 is 0. The van der Waals surface area contributed by atoms with E-state index in [9.17, 15) is 4.79 Å². The molecule has 0 bridgehead atoms. The average Bonchev–Trinajstić information content (AvgIpc) is 2.27. The van der Waals surface area contributed by atoms with Crippen molar-refractivity contribution in [1.29, 1.82) is 0 Å². The molecule has 78 valence electrons. The Morgan fingerprint density at radius 1 is 1.40 bits per heavy atom. The van der Waals surface area contributed by atoms with Crippen LogP contribution in [0.15, 0.2) is 24.3 Å². The lowest BCUT2D eigenvalue weighted by atomic mass is 10.1. The number of anilines is 1. The highest BCUT2D eigenvalue weighted by atomic mass is 16.2. The Morgan fingerprint density at radius 2 is 2.07 bits per heavy atom. The van der Waals surface area contributed by atoms with Gasteiger partial charge in [0.2, 0.25) is 0 Å². The molecule has 1 rings (SSSR count).